The largest absolute Gasteiger partial charge is 0.382 e. The van der Waals surface area contributed by atoms with Gasteiger partial charge >= 0.3 is 0 Å². The van der Waals surface area contributed by atoms with Crippen LogP contribution in [0.25, 0.3) is 0 Å². The van der Waals surface area contributed by atoms with Crippen LogP contribution >= 0.6 is 0 Å². The highest BCUT2D eigenvalue weighted by atomic mass is 19.1. The van der Waals surface area contributed by atoms with Crippen LogP contribution in [-0.4, -0.2) is 27.8 Å². The third-order valence-corrected chi connectivity index (χ3v) is 2.60. The Bertz CT molecular complexity index is 585. The Balaban J connectivity index is 2.12. The molecule has 1 aromatic carbocycles. The van der Waals surface area contributed by atoms with Gasteiger partial charge in [0.25, 0.3) is 5.91 Å². The second-order valence-corrected chi connectivity index (χ2v) is 4.08. The van der Waals surface area contributed by atoms with Crippen LogP contribution in [0.3, 0.4) is 0 Å². The fraction of sp³-hybridized carbons (Fsp3) is 0.154. The number of nitrogens with zero attached hydrogens (tertiary/aromatic N) is 3. The average Bonchev–Trinajstić information content (AvgIpc) is 2.41. The van der Waals surface area contributed by atoms with Gasteiger partial charge in [0, 0.05) is 19.2 Å². The van der Waals surface area contributed by atoms with Gasteiger partial charge in [0.2, 0.25) is 0 Å². The molecule has 6 heteroatoms. The maximum absolute atomic E-state index is 13.5. The van der Waals surface area contributed by atoms with Gasteiger partial charge in [-0.2, -0.15) is 0 Å². The average molecular weight is 260 g/mol. The first kappa shape index (κ1) is 12.9. The summed E-state index contributed by atoms with van der Waals surface area (Å²) in [7, 11) is 1.58. The number of aromatic nitrogens is 2. The topological polar surface area (TPSA) is 72.1 Å². The van der Waals surface area contributed by atoms with Crippen molar-refractivity contribution in [2.75, 3.05) is 12.8 Å². The number of nitrogens with two attached hydrogens (primary N) is 1. The Kier molecular flexibility index (Phi) is 3.70. The SMILES string of the molecule is CN(Cc1ccccc1F)C(=O)c1cnc(N)cn1. The summed E-state index contributed by atoms with van der Waals surface area (Å²) < 4.78 is 13.5. The van der Waals surface area contributed by atoms with Crippen molar-refractivity contribution in [1.29, 1.82) is 0 Å². The van der Waals surface area contributed by atoms with Crippen molar-refractivity contribution in [2.45, 2.75) is 6.54 Å². The van der Waals surface area contributed by atoms with Crippen LogP contribution in [0.5, 0.6) is 0 Å². The number of carbonyl (C=O) groups is 1. The fourth-order valence-electron chi connectivity index (χ4n) is 1.60. The summed E-state index contributed by atoms with van der Waals surface area (Å²) in [5.41, 5.74) is 6.02. The number of hydrogen-bond acceptors (Lipinski definition) is 4. The lowest BCUT2D eigenvalue weighted by Crippen LogP contribution is -2.27. The Labute approximate surface area is 109 Å². The van der Waals surface area contributed by atoms with E-state index in [1.165, 1.54) is 23.4 Å². The predicted octanol–water partition coefficient (Wildman–Crippen LogP) is 1.47. The molecular weight excluding hydrogens is 247 g/mol. The number of nitrogen functional groups attached to an aromatic ring is 1. The van der Waals surface area contributed by atoms with Crippen LogP contribution in [0.4, 0.5) is 10.2 Å². The molecular formula is C13H13FN4O. The van der Waals surface area contributed by atoms with Crippen LogP contribution in [0.15, 0.2) is 36.7 Å². The second-order valence-electron chi connectivity index (χ2n) is 4.08. The first-order chi connectivity index (χ1) is 9.08. The molecule has 0 aliphatic carbocycles. The molecule has 0 aliphatic heterocycles. The molecule has 1 heterocycles. The summed E-state index contributed by atoms with van der Waals surface area (Å²) in [6.07, 6.45) is 2.61. The maximum atomic E-state index is 13.5. The minimum Gasteiger partial charge on any atom is -0.382 e. The molecule has 0 saturated heterocycles. The normalized spacial score (nSPS) is 10.2. The Morgan fingerprint density at radius 2 is 2.05 bits per heavy atom. The van der Waals surface area contributed by atoms with Gasteiger partial charge in [-0.25, -0.2) is 14.4 Å². The minimum atomic E-state index is -0.342. The molecule has 0 aliphatic rings. The van der Waals surface area contributed by atoms with Crippen LogP contribution in [-0.2, 0) is 6.54 Å². The van der Waals surface area contributed by atoms with Crippen LogP contribution in [0, 0.1) is 5.82 Å². The molecule has 0 spiro atoms. The van der Waals surface area contributed by atoms with Crippen LogP contribution in [0.1, 0.15) is 16.1 Å². The first-order valence-electron chi connectivity index (χ1n) is 5.64. The van der Waals surface area contributed by atoms with Gasteiger partial charge < -0.3 is 10.6 Å². The lowest BCUT2D eigenvalue weighted by Gasteiger charge is -2.16. The molecule has 2 N–H and O–H groups in total. The van der Waals surface area contributed by atoms with Crippen molar-refractivity contribution in [2.24, 2.45) is 0 Å². The number of hydrogen-bond donors (Lipinski definition) is 1. The number of benzene rings is 1. The zero-order valence-corrected chi connectivity index (χ0v) is 10.4. The Morgan fingerprint density at radius 3 is 2.68 bits per heavy atom. The summed E-state index contributed by atoms with van der Waals surface area (Å²) in [6.45, 7) is 0.164. The lowest BCUT2D eigenvalue weighted by atomic mass is 10.2. The third kappa shape index (κ3) is 3.04. The van der Waals surface area contributed by atoms with Gasteiger partial charge in [-0.1, -0.05) is 18.2 Å². The van der Waals surface area contributed by atoms with Gasteiger partial charge in [-0.3, -0.25) is 4.79 Å². The van der Waals surface area contributed by atoms with Crippen molar-refractivity contribution in [3.63, 3.8) is 0 Å². The maximum Gasteiger partial charge on any atom is 0.274 e. The summed E-state index contributed by atoms with van der Waals surface area (Å²) in [6, 6.07) is 6.32. The van der Waals surface area contributed by atoms with Crippen LogP contribution in [0.2, 0.25) is 0 Å². The molecule has 2 aromatic rings. The minimum absolute atomic E-state index is 0.164. The van der Waals surface area contributed by atoms with Crippen molar-refractivity contribution in [3.8, 4) is 0 Å². The van der Waals surface area contributed by atoms with E-state index < -0.39 is 0 Å². The van der Waals surface area contributed by atoms with E-state index in [4.69, 9.17) is 5.73 Å². The Morgan fingerprint density at radius 1 is 1.32 bits per heavy atom. The molecule has 98 valence electrons. The number of anilines is 1. The number of halogens is 1. The highest BCUT2D eigenvalue weighted by molar-refractivity contribution is 5.91. The van der Waals surface area contributed by atoms with Crippen molar-refractivity contribution >= 4 is 11.7 Å². The molecule has 0 radical (unpaired) electrons. The van der Waals surface area contributed by atoms with E-state index in [0.717, 1.165) is 0 Å². The quantitative estimate of drug-likeness (QED) is 0.907. The summed E-state index contributed by atoms with van der Waals surface area (Å²) >= 11 is 0. The van der Waals surface area contributed by atoms with Crippen molar-refractivity contribution < 1.29 is 9.18 Å². The highest BCUT2D eigenvalue weighted by Gasteiger charge is 2.15. The van der Waals surface area contributed by atoms with E-state index in [2.05, 4.69) is 9.97 Å². The number of amides is 1. The molecule has 19 heavy (non-hydrogen) atoms. The van der Waals surface area contributed by atoms with E-state index in [0.29, 0.717) is 5.56 Å². The zero-order chi connectivity index (χ0) is 13.8. The van der Waals surface area contributed by atoms with Crippen molar-refractivity contribution in [1.82, 2.24) is 14.9 Å². The van der Waals surface area contributed by atoms with E-state index in [-0.39, 0.29) is 29.8 Å². The smallest absolute Gasteiger partial charge is 0.274 e. The van der Waals surface area contributed by atoms with E-state index >= 15 is 0 Å². The van der Waals surface area contributed by atoms with Crippen LogP contribution < -0.4 is 5.73 Å². The summed E-state index contributed by atoms with van der Waals surface area (Å²) in [5.74, 6) is -0.436. The van der Waals surface area contributed by atoms with Gasteiger partial charge in [0.1, 0.15) is 17.3 Å². The lowest BCUT2D eigenvalue weighted by molar-refractivity contribution is 0.0777. The summed E-state index contributed by atoms with van der Waals surface area (Å²) in [5, 5.41) is 0. The molecule has 0 saturated carbocycles. The molecule has 5 nitrogen and oxygen atoms in total. The van der Waals surface area contributed by atoms with Crippen molar-refractivity contribution in [3.05, 3.63) is 53.7 Å². The molecule has 1 amide bonds. The third-order valence-electron chi connectivity index (χ3n) is 2.60. The summed E-state index contributed by atoms with van der Waals surface area (Å²) in [4.78, 5) is 21.1. The second kappa shape index (κ2) is 5.43. The monoisotopic (exact) mass is 260 g/mol. The highest BCUT2D eigenvalue weighted by Crippen LogP contribution is 2.10. The fourth-order valence-corrected chi connectivity index (χ4v) is 1.60. The number of rotatable bonds is 3. The number of carbonyl (C=O) groups excluding carboxylic acids is 1. The van der Waals surface area contributed by atoms with Gasteiger partial charge in [-0.15, -0.1) is 0 Å². The predicted molar refractivity (Wildman–Crippen MR) is 68.6 cm³/mol. The molecule has 0 unspecified atom stereocenters. The standard InChI is InChI=1S/C13H13FN4O/c1-18(8-9-4-2-3-5-10(9)14)13(19)11-6-17-12(15)7-16-11/h2-7H,8H2,1H3,(H2,15,17). The first-order valence-corrected chi connectivity index (χ1v) is 5.64. The molecule has 0 atom stereocenters. The van der Waals surface area contributed by atoms with Gasteiger partial charge in [0.15, 0.2) is 0 Å². The van der Waals surface area contributed by atoms with E-state index in [9.17, 15) is 9.18 Å². The zero-order valence-electron chi connectivity index (χ0n) is 10.4. The van der Waals surface area contributed by atoms with Gasteiger partial charge in [0.05, 0.1) is 12.4 Å². The van der Waals surface area contributed by atoms with E-state index in [1.807, 2.05) is 0 Å². The molecule has 0 bridgehead atoms. The molecule has 0 fully saturated rings. The Hall–Kier alpha value is -2.50. The molecule has 2 rings (SSSR count). The van der Waals surface area contributed by atoms with Gasteiger partial charge in [-0.05, 0) is 6.07 Å². The van der Waals surface area contributed by atoms with E-state index in [1.54, 1.807) is 25.2 Å². The molecule has 1 aromatic heterocycles.